The number of hydrogen-bond donors (Lipinski definition) is 0. The highest BCUT2D eigenvalue weighted by molar-refractivity contribution is 5.69. The summed E-state index contributed by atoms with van der Waals surface area (Å²) in [6, 6.07) is 19.0. The number of rotatable bonds is 11. The largest absolute Gasteiger partial charge is 0.416 e. The molecule has 196 valence electrons. The zero-order valence-corrected chi connectivity index (χ0v) is 21.2. The summed E-state index contributed by atoms with van der Waals surface area (Å²) < 4.78 is 38.9. The molecule has 0 atom stereocenters. The maximum Gasteiger partial charge on any atom is 0.416 e. The van der Waals surface area contributed by atoms with Gasteiger partial charge in [0.15, 0.2) is 5.75 Å². The Morgan fingerprint density at radius 1 is 1.00 bits per heavy atom. The van der Waals surface area contributed by atoms with E-state index in [1.165, 1.54) is 25.0 Å². The molecule has 0 radical (unpaired) electrons. The Hall–Kier alpha value is -3.48. The predicted octanol–water partition coefficient (Wildman–Crippen LogP) is 8.12. The van der Waals surface area contributed by atoms with Crippen molar-refractivity contribution < 1.29 is 27.7 Å². The number of anilines is 1. The molecule has 1 fully saturated rings. The van der Waals surface area contributed by atoms with Gasteiger partial charge in [-0.05, 0) is 78.3 Å². The molecule has 7 heteroatoms. The lowest BCUT2D eigenvalue weighted by atomic mass is 10.0. The molecule has 0 amide bonds. The van der Waals surface area contributed by atoms with Gasteiger partial charge in [0.2, 0.25) is 0 Å². The van der Waals surface area contributed by atoms with Gasteiger partial charge in [-0.1, -0.05) is 56.2 Å². The molecule has 4 rings (SSSR count). The lowest BCUT2D eigenvalue weighted by Gasteiger charge is -2.26. The average Bonchev–Trinajstić information content (AvgIpc) is 3.70. The van der Waals surface area contributed by atoms with Gasteiger partial charge in [0.1, 0.15) is 0 Å². The van der Waals surface area contributed by atoms with E-state index in [1.807, 2.05) is 56.3 Å². The molecule has 0 heterocycles. The lowest BCUT2D eigenvalue weighted by Crippen LogP contribution is -2.24. The van der Waals surface area contributed by atoms with E-state index in [0.29, 0.717) is 25.1 Å². The van der Waals surface area contributed by atoms with Crippen LogP contribution in [0.2, 0.25) is 0 Å². The van der Waals surface area contributed by atoms with Crippen LogP contribution < -0.4 is 9.79 Å². The number of carbonyl (C=O) groups is 1. The zero-order valence-electron chi connectivity index (χ0n) is 21.2. The molecule has 1 saturated carbocycles. The van der Waals surface area contributed by atoms with Gasteiger partial charge in [-0.2, -0.15) is 13.2 Å². The molecule has 3 aromatic carbocycles. The molecule has 4 nitrogen and oxygen atoms in total. The van der Waals surface area contributed by atoms with Crippen LogP contribution in [0.4, 0.5) is 18.9 Å². The molecule has 1 aliphatic rings. The van der Waals surface area contributed by atoms with Crippen LogP contribution in [0.3, 0.4) is 0 Å². The van der Waals surface area contributed by atoms with Gasteiger partial charge in [0.05, 0.1) is 5.56 Å². The van der Waals surface area contributed by atoms with Crippen molar-refractivity contribution in [1.29, 1.82) is 0 Å². The van der Waals surface area contributed by atoms with Gasteiger partial charge in [-0.25, -0.2) is 4.79 Å². The summed E-state index contributed by atoms with van der Waals surface area (Å²) in [5.74, 6) is 0.864. The van der Waals surface area contributed by atoms with Crippen molar-refractivity contribution >= 4 is 11.7 Å². The monoisotopic (exact) mass is 511 g/mol. The molecular formula is C30H32F3NO3. The first kappa shape index (κ1) is 26.6. The van der Waals surface area contributed by atoms with Crippen LogP contribution in [-0.2, 0) is 22.4 Å². The van der Waals surface area contributed by atoms with Gasteiger partial charge in [0, 0.05) is 25.2 Å². The summed E-state index contributed by atoms with van der Waals surface area (Å²) in [5.41, 5.74) is 3.93. The molecule has 37 heavy (non-hydrogen) atoms. The topological polar surface area (TPSA) is 38.8 Å². The molecule has 1 aliphatic carbocycles. The van der Waals surface area contributed by atoms with E-state index in [2.05, 4.69) is 4.90 Å². The summed E-state index contributed by atoms with van der Waals surface area (Å²) in [6.07, 6.45) is 0.270. The molecule has 3 aromatic rings. The number of halogens is 3. The van der Waals surface area contributed by atoms with E-state index >= 15 is 0 Å². The van der Waals surface area contributed by atoms with Crippen LogP contribution >= 0.6 is 0 Å². The number of alkyl halides is 3. The van der Waals surface area contributed by atoms with Crippen LogP contribution in [-0.4, -0.2) is 12.5 Å². The molecule has 0 N–H and O–H groups in total. The van der Waals surface area contributed by atoms with Gasteiger partial charge in [-0.15, -0.1) is 0 Å². The first-order valence-corrected chi connectivity index (χ1v) is 12.7. The van der Waals surface area contributed by atoms with Crippen molar-refractivity contribution in [2.75, 3.05) is 11.4 Å². The number of benzene rings is 3. The van der Waals surface area contributed by atoms with Crippen molar-refractivity contribution in [3.05, 3.63) is 83.4 Å². The van der Waals surface area contributed by atoms with E-state index < -0.39 is 17.7 Å². The molecular weight excluding hydrogens is 479 g/mol. The minimum Gasteiger partial charge on any atom is -0.367 e. The van der Waals surface area contributed by atoms with Crippen LogP contribution in [0, 0.1) is 12.8 Å². The quantitative estimate of drug-likeness (QED) is 0.192. The SMILES string of the molecule is CCCC(=O)OOc1ccc(CN(CCC2CC2)c2cccc(-c3ccc(C(F)(F)F)cc3)c2)cc1C. The maximum atomic E-state index is 13.0. The predicted molar refractivity (Wildman–Crippen MR) is 138 cm³/mol. The van der Waals surface area contributed by atoms with Crippen molar-refractivity contribution in [1.82, 2.24) is 0 Å². The van der Waals surface area contributed by atoms with Crippen LogP contribution in [0.1, 0.15) is 55.7 Å². The van der Waals surface area contributed by atoms with Crippen LogP contribution in [0.5, 0.6) is 5.75 Å². The number of nitrogens with zero attached hydrogens (tertiary/aromatic N) is 1. The van der Waals surface area contributed by atoms with Crippen molar-refractivity contribution in [2.45, 2.75) is 58.7 Å². The van der Waals surface area contributed by atoms with Crippen LogP contribution in [0.25, 0.3) is 11.1 Å². The first-order valence-electron chi connectivity index (χ1n) is 12.7. The van der Waals surface area contributed by atoms with Crippen LogP contribution in [0.15, 0.2) is 66.7 Å². The molecule has 0 spiro atoms. The summed E-state index contributed by atoms with van der Waals surface area (Å²) in [6.45, 7) is 5.36. The Kier molecular flexibility index (Phi) is 8.41. The van der Waals surface area contributed by atoms with E-state index in [-0.39, 0.29) is 0 Å². The summed E-state index contributed by atoms with van der Waals surface area (Å²) in [7, 11) is 0. The second-order valence-corrected chi connectivity index (χ2v) is 9.67. The summed E-state index contributed by atoms with van der Waals surface area (Å²) in [4.78, 5) is 24.0. The third kappa shape index (κ3) is 7.51. The Balaban J connectivity index is 1.51. The van der Waals surface area contributed by atoms with E-state index in [9.17, 15) is 18.0 Å². The van der Waals surface area contributed by atoms with Gasteiger partial charge in [-0.3, -0.25) is 9.78 Å². The fourth-order valence-corrected chi connectivity index (χ4v) is 4.24. The highest BCUT2D eigenvalue weighted by Gasteiger charge is 2.30. The Bertz CT molecular complexity index is 1200. The molecule has 0 aliphatic heterocycles. The Morgan fingerprint density at radius 3 is 2.41 bits per heavy atom. The highest BCUT2D eigenvalue weighted by Crippen LogP contribution is 2.35. The average molecular weight is 512 g/mol. The Labute approximate surface area is 215 Å². The second kappa shape index (κ2) is 11.7. The third-order valence-corrected chi connectivity index (χ3v) is 6.55. The van der Waals surface area contributed by atoms with E-state index in [4.69, 9.17) is 9.78 Å². The fraction of sp³-hybridized carbons (Fsp3) is 0.367. The number of carbonyl (C=O) groups excluding carboxylic acids is 1. The second-order valence-electron chi connectivity index (χ2n) is 9.67. The summed E-state index contributed by atoms with van der Waals surface area (Å²) in [5, 5.41) is 0. The molecule has 0 saturated heterocycles. The Morgan fingerprint density at radius 2 is 1.76 bits per heavy atom. The van der Waals surface area contributed by atoms with Gasteiger partial charge < -0.3 is 4.90 Å². The minimum absolute atomic E-state index is 0.304. The highest BCUT2D eigenvalue weighted by atomic mass is 19.4. The molecule has 0 bridgehead atoms. The lowest BCUT2D eigenvalue weighted by molar-refractivity contribution is -0.214. The third-order valence-electron chi connectivity index (χ3n) is 6.55. The van der Waals surface area contributed by atoms with E-state index in [1.54, 1.807) is 0 Å². The van der Waals surface area contributed by atoms with Gasteiger partial charge >= 0.3 is 12.1 Å². The maximum absolute atomic E-state index is 13.0. The van der Waals surface area contributed by atoms with Crippen molar-refractivity contribution in [3.8, 4) is 16.9 Å². The zero-order chi connectivity index (χ0) is 26.4. The fourth-order valence-electron chi connectivity index (χ4n) is 4.24. The standard InChI is InChI=1S/C30H32F3NO3/c1-3-5-29(35)37-36-28-15-10-23(18-21(28)2)20-34(17-16-22-8-9-22)27-7-4-6-25(19-27)24-11-13-26(14-12-24)30(31,32)33/h4,6-7,10-15,18-19,22H,3,5,8-9,16-17,20H2,1-2H3. The first-order chi connectivity index (χ1) is 17.7. The van der Waals surface area contributed by atoms with Crippen molar-refractivity contribution in [3.63, 3.8) is 0 Å². The molecule has 0 unspecified atom stereocenters. The van der Waals surface area contributed by atoms with Crippen molar-refractivity contribution in [2.24, 2.45) is 5.92 Å². The minimum atomic E-state index is -4.35. The van der Waals surface area contributed by atoms with Gasteiger partial charge in [0.25, 0.3) is 0 Å². The number of hydrogen-bond acceptors (Lipinski definition) is 4. The smallest absolute Gasteiger partial charge is 0.367 e. The van der Waals surface area contributed by atoms with E-state index in [0.717, 1.165) is 59.0 Å². The number of aryl methyl sites for hydroxylation is 1. The normalized spacial score (nSPS) is 13.3. The molecule has 0 aromatic heterocycles. The summed E-state index contributed by atoms with van der Waals surface area (Å²) >= 11 is 0.